The van der Waals surface area contributed by atoms with E-state index in [-0.39, 0.29) is 11.9 Å². The van der Waals surface area contributed by atoms with Gasteiger partial charge in [0.05, 0.1) is 6.04 Å². The van der Waals surface area contributed by atoms with Crippen LogP contribution in [0.2, 0.25) is 0 Å². The summed E-state index contributed by atoms with van der Waals surface area (Å²) in [4.78, 5) is 0. The summed E-state index contributed by atoms with van der Waals surface area (Å²) in [6, 6.07) is 7.40. The predicted octanol–water partition coefficient (Wildman–Crippen LogP) is 4.66. The van der Waals surface area contributed by atoms with Crippen LogP contribution in [0.1, 0.15) is 44.4 Å². The van der Waals surface area contributed by atoms with E-state index in [0.29, 0.717) is 11.5 Å². The normalized spacial score (nSPS) is 29.3. The van der Waals surface area contributed by atoms with E-state index in [0.717, 1.165) is 29.5 Å². The average Bonchev–Trinajstić information content (AvgIpc) is 3.19. The van der Waals surface area contributed by atoms with Crippen molar-refractivity contribution in [2.24, 2.45) is 17.8 Å². The molecule has 2 aliphatic rings. The standard InChI is InChI=1S/C18H22FNO/c1-2-20-17(14-9-11-6-7-12(14)8-11)16-10-13-4-3-5-15(19)18(13)21-16/h3-5,10-12,14,17,20H,2,6-9H2,1H3. The topological polar surface area (TPSA) is 25.2 Å². The summed E-state index contributed by atoms with van der Waals surface area (Å²) in [5.74, 6) is 3.02. The van der Waals surface area contributed by atoms with E-state index in [1.165, 1.54) is 31.7 Å². The van der Waals surface area contributed by atoms with Crippen LogP contribution in [0.3, 0.4) is 0 Å². The fourth-order valence-corrected chi connectivity index (χ4v) is 4.59. The van der Waals surface area contributed by atoms with Gasteiger partial charge in [0.1, 0.15) is 5.76 Å². The maximum absolute atomic E-state index is 13.9. The van der Waals surface area contributed by atoms with Crippen molar-refractivity contribution in [1.82, 2.24) is 5.32 Å². The summed E-state index contributed by atoms with van der Waals surface area (Å²) in [5, 5.41) is 4.46. The Bertz CT molecular complexity index is 650. The Morgan fingerprint density at radius 1 is 1.33 bits per heavy atom. The third kappa shape index (κ3) is 2.18. The van der Waals surface area contributed by atoms with E-state index < -0.39 is 0 Å². The van der Waals surface area contributed by atoms with Crippen LogP contribution >= 0.6 is 0 Å². The van der Waals surface area contributed by atoms with Crippen molar-refractivity contribution in [1.29, 1.82) is 0 Å². The van der Waals surface area contributed by atoms with Gasteiger partial charge in [0.2, 0.25) is 0 Å². The zero-order chi connectivity index (χ0) is 14.4. The molecule has 0 saturated heterocycles. The molecule has 1 heterocycles. The fraction of sp³-hybridized carbons (Fsp3) is 0.556. The van der Waals surface area contributed by atoms with Crippen LogP contribution in [0.4, 0.5) is 4.39 Å². The molecule has 0 spiro atoms. The lowest BCUT2D eigenvalue weighted by atomic mass is 9.82. The molecule has 3 heteroatoms. The highest BCUT2D eigenvalue weighted by Gasteiger charge is 2.44. The van der Waals surface area contributed by atoms with Crippen LogP contribution in [0.5, 0.6) is 0 Å². The van der Waals surface area contributed by atoms with Crippen molar-refractivity contribution in [3.63, 3.8) is 0 Å². The fourth-order valence-electron chi connectivity index (χ4n) is 4.59. The van der Waals surface area contributed by atoms with Gasteiger partial charge in [-0.05, 0) is 55.7 Å². The number of halogens is 1. The molecule has 1 aromatic carbocycles. The molecule has 4 atom stereocenters. The SMILES string of the molecule is CCNC(c1cc2cccc(F)c2o1)C1CC2CCC1C2. The number of rotatable bonds is 4. The van der Waals surface area contributed by atoms with Gasteiger partial charge < -0.3 is 9.73 Å². The molecule has 1 aromatic heterocycles. The Hall–Kier alpha value is -1.35. The van der Waals surface area contributed by atoms with Gasteiger partial charge in [0, 0.05) is 5.39 Å². The van der Waals surface area contributed by atoms with Gasteiger partial charge in [-0.25, -0.2) is 4.39 Å². The highest BCUT2D eigenvalue weighted by atomic mass is 19.1. The number of hydrogen-bond acceptors (Lipinski definition) is 2. The minimum Gasteiger partial charge on any atom is -0.456 e. The van der Waals surface area contributed by atoms with Crippen LogP contribution in [0, 0.1) is 23.6 Å². The molecular formula is C18H22FNO. The average molecular weight is 287 g/mol. The first-order chi connectivity index (χ1) is 10.3. The minimum absolute atomic E-state index is 0.233. The van der Waals surface area contributed by atoms with Gasteiger partial charge in [-0.15, -0.1) is 0 Å². The molecule has 2 saturated carbocycles. The molecule has 1 N–H and O–H groups in total. The number of para-hydroxylation sites is 1. The molecule has 2 aliphatic carbocycles. The molecule has 0 radical (unpaired) electrons. The molecule has 0 aliphatic heterocycles. The third-order valence-electron chi connectivity index (χ3n) is 5.47. The number of hydrogen-bond donors (Lipinski definition) is 1. The first-order valence-corrected chi connectivity index (χ1v) is 8.17. The molecule has 4 unspecified atom stereocenters. The van der Waals surface area contributed by atoms with Gasteiger partial charge in [-0.1, -0.05) is 25.5 Å². The lowest BCUT2D eigenvalue weighted by Gasteiger charge is -2.29. The Morgan fingerprint density at radius 2 is 2.24 bits per heavy atom. The van der Waals surface area contributed by atoms with Gasteiger partial charge >= 0.3 is 0 Å². The van der Waals surface area contributed by atoms with Crippen molar-refractivity contribution in [2.75, 3.05) is 6.54 Å². The van der Waals surface area contributed by atoms with Crippen LogP contribution in [-0.2, 0) is 0 Å². The molecule has 21 heavy (non-hydrogen) atoms. The second kappa shape index (κ2) is 5.13. The summed E-state index contributed by atoms with van der Waals surface area (Å²) in [6.45, 7) is 3.04. The third-order valence-corrected chi connectivity index (χ3v) is 5.47. The minimum atomic E-state index is -0.262. The molecule has 112 valence electrons. The number of nitrogens with one attached hydrogen (secondary N) is 1. The molecule has 2 nitrogen and oxygen atoms in total. The summed E-state index contributed by atoms with van der Waals surface area (Å²) in [7, 11) is 0. The molecular weight excluding hydrogens is 265 g/mol. The zero-order valence-corrected chi connectivity index (χ0v) is 12.4. The second-order valence-corrected chi connectivity index (χ2v) is 6.68. The van der Waals surface area contributed by atoms with Gasteiger partial charge in [-0.2, -0.15) is 0 Å². The summed E-state index contributed by atoms with van der Waals surface area (Å²) >= 11 is 0. The summed E-state index contributed by atoms with van der Waals surface area (Å²) in [5.41, 5.74) is 0.401. The van der Waals surface area contributed by atoms with E-state index in [9.17, 15) is 4.39 Å². The molecule has 2 aromatic rings. The molecule has 0 amide bonds. The monoisotopic (exact) mass is 287 g/mol. The lowest BCUT2D eigenvalue weighted by molar-refractivity contribution is 0.230. The summed E-state index contributed by atoms with van der Waals surface area (Å²) < 4.78 is 19.8. The number of furan rings is 1. The first-order valence-electron chi connectivity index (χ1n) is 8.17. The van der Waals surface area contributed by atoms with Gasteiger partial charge in [0.25, 0.3) is 0 Å². The molecule has 4 rings (SSSR count). The van der Waals surface area contributed by atoms with Gasteiger partial charge in [0.15, 0.2) is 11.4 Å². The zero-order valence-electron chi connectivity index (χ0n) is 12.4. The van der Waals surface area contributed by atoms with Crippen LogP contribution in [0.15, 0.2) is 28.7 Å². The van der Waals surface area contributed by atoms with Gasteiger partial charge in [-0.3, -0.25) is 0 Å². The lowest BCUT2D eigenvalue weighted by Crippen LogP contribution is -2.31. The number of fused-ring (bicyclic) bond motifs is 3. The van der Waals surface area contributed by atoms with E-state index in [1.54, 1.807) is 6.07 Å². The van der Waals surface area contributed by atoms with Crippen LogP contribution in [0.25, 0.3) is 11.0 Å². The van der Waals surface area contributed by atoms with Crippen LogP contribution < -0.4 is 5.32 Å². The van der Waals surface area contributed by atoms with Crippen molar-refractivity contribution in [3.05, 3.63) is 35.8 Å². The smallest absolute Gasteiger partial charge is 0.169 e. The Balaban J connectivity index is 1.70. The maximum atomic E-state index is 13.9. The molecule has 2 fully saturated rings. The van der Waals surface area contributed by atoms with E-state index in [2.05, 4.69) is 12.2 Å². The quantitative estimate of drug-likeness (QED) is 0.884. The Labute approximate surface area is 124 Å². The largest absolute Gasteiger partial charge is 0.456 e. The maximum Gasteiger partial charge on any atom is 0.169 e. The van der Waals surface area contributed by atoms with Crippen molar-refractivity contribution in [3.8, 4) is 0 Å². The second-order valence-electron chi connectivity index (χ2n) is 6.68. The predicted molar refractivity (Wildman–Crippen MR) is 81.5 cm³/mol. The van der Waals surface area contributed by atoms with Crippen LogP contribution in [-0.4, -0.2) is 6.54 Å². The summed E-state index contributed by atoms with van der Waals surface area (Å²) in [6.07, 6.45) is 5.42. The highest BCUT2D eigenvalue weighted by molar-refractivity contribution is 5.78. The van der Waals surface area contributed by atoms with E-state index in [1.807, 2.05) is 12.1 Å². The highest BCUT2D eigenvalue weighted by Crippen LogP contribution is 2.52. The van der Waals surface area contributed by atoms with E-state index in [4.69, 9.17) is 4.42 Å². The van der Waals surface area contributed by atoms with Crippen molar-refractivity contribution >= 4 is 11.0 Å². The molecule has 2 bridgehead atoms. The van der Waals surface area contributed by atoms with E-state index >= 15 is 0 Å². The Morgan fingerprint density at radius 3 is 2.90 bits per heavy atom. The van der Waals surface area contributed by atoms with Crippen molar-refractivity contribution < 1.29 is 8.81 Å². The number of benzene rings is 1. The Kier molecular flexibility index (Phi) is 3.26. The van der Waals surface area contributed by atoms with Crippen molar-refractivity contribution in [2.45, 2.75) is 38.6 Å². The first kappa shape index (κ1) is 13.3.